The summed E-state index contributed by atoms with van der Waals surface area (Å²) in [5.41, 5.74) is 1.43. The maximum Gasteiger partial charge on any atom is 0.346 e. The van der Waals surface area contributed by atoms with E-state index in [1.54, 1.807) is 35.8 Å². The van der Waals surface area contributed by atoms with Gasteiger partial charge in [-0.25, -0.2) is 22.6 Å². The van der Waals surface area contributed by atoms with E-state index in [-0.39, 0.29) is 29.7 Å². The van der Waals surface area contributed by atoms with Gasteiger partial charge >= 0.3 is 5.69 Å². The van der Waals surface area contributed by atoms with E-state index >= 15 is 0 Å². The number of hydrogen-bond donors (Lipinski definition) is 1. The second kappa shape index (κ2) is 7.06. The van der Waals surface area contributed by atoms with E-state index in [1.165, 1.54) is 10.9 Å². The number of aromatic nitrogens is 3. The minimum absolute atomic E-state index is 0.0643. The Hall–Kier alpha value is -2.65. The van der Waals surface area contributed by atoms with Gasteiger partial charge in [-0.1, -0.05) is 17.7 Å². The quantitative estimate of drug-likeness (QED) is 0.653. The molecule has 0 atom stereocenters. The Morgan fingerprint density at radius 1 is 1.25 bits per heavy atom. The van der Waals surface area contributed by atoms with Crippen LogP contribution in [0.1, 0.15) is 30.0 Å². The Balaban J connectivity index is 1.53. The van der Waals surface area contributed by atoms with Crippen molar-refractivity contribution in [3.63, 3.8) is 0 Å². The molecule has 0 bridgehead atoms. The van der Waals surface area contributed by atoms with Crippen LogP contribution in [0.25, 0.3) is 11.6 Å². The number of benzene rings is 1. The van der Waals surface area contributed by atoms with Crippen LogP contribution in [-0.4, -0.2) is 29.3 Å². The first kappa shape index (κ1) is 18.7. The lowest BCUT2D eigenvalue weighted by Gasteiger charge is -2.09. The molecule has 1 fully saturated rings. The Morgan fingerprint density at radius 2 is 2.04 bits per heavy atom. The number of sulfonamides is 1. The molecule has 148 valence electrons. The van der Waals surface area contributed by atoms with Gasteiger partial charge in [-0.05, 0) is 50.5 Å². The number of hydrogen-bond acceptors (Lipinski definition) is 5. The fourth-order valence-corrected chi connectivity index (χ4v) is 4.51. The number of furan rings is 1. The van der Waals surface area contributed by atoms with Crippen molar-refractivity contribution in [1.82, 2.24) is 19.1 Å². The molecular weight excluding hydrogens is 380 g/mol. The van der Waals surface area contributed by atoms with Gasteiger partial charge in [0.05, 0.1) is 17.7 Å². The van der Waals surface area contributed by atoms with Crippen LogP contribution < -0.4 is 10.4 Å². The maximum atomic E-state index is 12.7. The van der Waals surface area contributed by atoms with Gasteiger partial charge in [0, 0.05) is 12.6 Å². The van der Waals surface area contributed by atoms with Gasteiger partial charge in [0.15, 0.2) is 5.76 Å². The molecule has 1 saturated carbocycles. The zero-order valence-corrected chi connectivity index (χ0v) is 16.6. The lowest BCUT2D eigenvalue weighted by atomic mass is 10.2. The largest absolute Gasteiger partial charge is 0.461 e. The standard InChI is InChI=1S/C19H22N4O4S/c1-13-5-8-17(14(2)12-13)28(25,26)20-9-10-22-19(24)23(15-6-7-15)18(21-22)16-4-3-11-27-16/h3-5,8,11-12,15,20H,6-7,9-10H2,1-2H3. The van der Waals surface area contributed by atoms with E-state index in [2.05, 4.69) is 9.82 Å². The van der Waals surface area contributed by atoms with E-state index in [9.17, 15) is 13.2 Å². The molecule has 0 spiro atoms. The summed E-state index contributed by atoms with van der Waals surface area (Å²) in [4.78, 5) is 13.0. The predicted molar refractivity (Wildman–Crippen MR) is 104 cm³/mol. The molecule has 3 aromatic rings. The van der Waals surface area contributed by atoms with Crippen molar-refractivity contribution in [2.75, 3.05) is 6.54 Å². The van der Waals surface area contributed by atoms with Crippen LogP contribution in [-0.2, 0) is 16.6 Å². The summed E-state index contributed by atoms with van der Waals surface area (Å²) in [7, 11) is -3.66. The molecule has 1 aromatic carbocycles. The van der Waals surface area contributed by atoms with Gasteiger partial charge in [0.25, 0.3) is 0 Å². The van der Waals surface area contributed by atoms with Crippen molar-refractivity contribution in [2.45, 2.75) is 44.2 Å². The highest BCUT2D eigenvalue weighted by Gasteiger charge is 2.31. The van der Waals surface area contributed by atoms with Crippen molar-refractivity contribution in [3.8, 4) is 11.6 Å². The third-order valence-corrected chi connectivity index (χ3v) is 6.38. The van der Waals surface area contributed by atoms with Gasteiger partial charge in [-0.15, -0.1) is 5.10 Å². The maximum absolute atomic E-state index is 12.7. The van der Waals surface area contributed by atoms with E-state index in [1.807, 2.05) is 13.0 Å². The average molecular weight is 402 g/mol. The Morgan fingerprint density at radius 3 is 2.68 bits per heavy atom. The Labute approximate surface area is 162 Å². The van der Waals surface area contributed by atoms with Crippen LogP contribution in [0.3, 0.4) is 0 Å². The highest BCUT2D eigenvalue weighted by atomic mass is 32.2. The molecule has 0 unspecified atom stereocenters. The van der Waals surface area contributed by atoms with Gasteiger partial charge < -0.3 is 4.42 Å². The van der Waals surface area contributed by atoms with Crippen LogP contribution in [0.5, 0.6) is 0 Å². The van der Waals surface area contributed by atoms with Gasteiger partial charge in [0.1, 0.15) is 0 Å². The van der Waals surface area contributed by atoms with E-state index in [0.29, 0.717) is 17.1 Å². The van der Waals surface area contributed by atoms with Crippen molar-refractivity contribution >= 4 is 10.0 Å². The summed E-state index contributed by atoms with van der Waals surface area (Å²) in [5, 5.41) is 4.37. The van der Waals surface area contributed by atoms with Crippen molar-refractivity contribution in [2.24, 2.45) is 0 Å². The van der Waals surface area contributed by atoms with E-state index in [4.69, 9.17) is 4.42 Å². The zero-order valence-electron chi connectivity index (χ0n) is 15.8. The highest BCUT2D eigenvalue weighted by molar-refractivity contribution is 7.89. The first-order valence-electron chi connectivity index (χ1n) is 9.17. The van der Waals surface area contributed by atoms with Crippen LogP contribution >= 0.6 is 0 Å². The second-order valence-corrected chi connectivity index (χ2v) is 8.81. The first-order chi connectivity index (χ1) is 13.4. The van der Waals surface area contributed by atoms with Gasteiger partial charge in [-0.3, -0.25) is 4.57 Å². The molecule has 9 heteroatoms. The zero-order chi connectivity index (χ0) is 19.9. The lowest BCUT2D eigenvalue weighted by Crippen LogP contribution is -2.32. The number of aryl methyl sites for hydroxylation is 2. The molecule has 28 heavy (non-hydrogen) atoms. The SMILES string of the molecule is Cc1ccc(S(=O)(=O)NCCn2nc(-c3ccco3)n(C3CC3)c2=O)c(C)c1. The molecule has 1 aliphatic rings. The number of nitrogens with zero attached hydrogens (tertiary/aromatic N) is 3. The Bertz CT molecular complexity index is 1160. The summed E-state index contributed by atoms with van der Waals surface area (Å²) in [6.07, 6.45) is 3.39. The first-order valence-corrected chi connectivity index (χ1v) is 10.7. The molecule has 1 N–H and O–H groups in total. The van der Waals surface area contributed by atoms with Gasteiger partial charge in [0.2, 0.25) is 15.8 Å². The topological polar surface area (TPSA) is 99.1 Å². The smallest absolute Gasteiger partial charge is 0.346 e. The molecule has 0 amide bonds. The molecule has 1 aliphatic carbocycles. The molecule has 2 aromatic heterocycles. The third kappa shape index (κ3) is 3.55. The predicted octanol–water partition coefficient (Wildman–Crippen LogP) is 2.24. The van der Waals surface area contributed by atoms with Crippen molar-refractivity contribution in [1.29, 1.82) is 0 Å². The van der Waals surface area contributed by atoms with Crippen molar-refractivity contribution < 1.29 is 12.8 Å². The molecular formula is C19H22N4O4S. The molecule has 0 saturated heterocycles. The third-order valence-electron chi connectivity index (χ3n) is 4.76. The summed E-state index contributed by atoms with van der Waals surface area (Å²) >= 11 is 0. The minimum atomic E-state index is -3.66. The number of rotatable bonds is 7. The minimum Gasteiger partial charge on any atom is -0.461 e. The second-order valence-electron chi connectivity index (χ2n) is 7.07. The molecule has 2 heterocycles. The molecule has 0 radical (unpaired) electrons. The van der Waals surface area contributed by atoms with Crippen LogP contribution in [0, 0.1) is 13.8 Å². The summed E-state index contributed by atoms with van der Waals surface area (Å²) in [6, 6.07) is 8.82. The lowest BCUT2D eigenvalue weighted by molar-refractivity contribution is 0.546. The molecule has 4 rings (SSSR count). The number of nitrogens with one attached hydrogen (secondary N) is 1. The van der Waals surface area contributed by atoms with Crippen LogP contribution in [0.4, 0.5) is 0 Å². The highest BCUT2D eigenvalue weighted by Crippen LogP contribution is 2.36. The van der Waals surface area contributed by atoms with Crippen LogP contribution in [0.15, 0.2) is 50.7 Å². The van der Waals surface area contributed by atoms with Crippen LogP contribution in [0.2, 0.25) is 0 Å². The van der Waals surface area contributed by atoms with E-state index < -0.39 is 10.0 Å². The van der Waals surface area contributed by atoms with Gasteiger partial charge in [-0.2, -0.15) is 0 Å². The summed E-state index contributed by atoms with van der Waals surface area (Å²) in [5.74, 6) is 1.01. The molecule has 0 aliphatic heterocycles. The Kier molecular flexibility index (Phi) is 4.72. The fraction of sp³-hybridized carbons (Fsp3) is 0.368. The molecule has 8 nitrogen and oxygen atoms in total. The summed E-state index contributed by atoms with van der Waals surface area (Å²) < 4.78 is 36.0. The van der Waals surface area contributed by atoms with E-state index in [0.717, 1.165) is 18.4 Å². The average Bonchev–Trinajstić information content (AvgIpc) is 3.20. The normalized spacial score (nSPS) is 14.5. The monoisotopic (exact) mass is 402 g/mol. The van der Waals surface area contributed by atoms with Crippen molar-refractivity contribution in [3.05, 3.63) is 58.2 Å². The summed E-state index contributed by atoms with van der Waals surface area (Å²) in [6.45, 7) is 3.88. The fourth-order valence-electron chi connectivity index (χ4n) is 3.27.